The smallest absolute Gasteiger partial charge is 0.222 e. The van der Waals surface area contributed by atoms with Crippen molar-refractivity contribution < 1.29 is 9.47 Å². The molecule has 6 heteroatoms. The molecule has 0 spiro atoms. The number of methoxy groups -OCH3 is 1. The maximum Gasteiger partial charge on any atom is 0.222 e. The van der Waals surface area contributed by atoms with Gasteiger partial charge in [0.15, 0.2) is 0 Å². The lowest BCUT2D eigenvalue weighted by Crippen LogP contribution is -1.97. The molecule has 0 amide bonds. The summed E-state index contributed by atoms with van der Waals surface area (Å²) >= 11 is 0. The normalized spacial score (nSPS) is 10.9. The zero-order valence-corrected chi connectivity index (χ0v) is 13.7. The van der Waals surface area contributed by atoms with Crippen molar-refractivity contribution in [1.82, 2.24) is 19.7 Å². The van der Waals surface area contributed by atoms with Crippen molar-refractivity contribution in [1.29, 1.82) is 0 Å². The van der Waals surface area contributed by atoms with Crippen LogP contribution in [-0.4, -0.2) is 26.9 Å². The number of rotatable bonds is 5. The van der Waals surface area contributed by atoms with E-state index in [1.165, 1.54) is 6.33 Å². The molecule has 4 aromatic rings. The molecule has 0 saturated carbocycles. The van der Waals surface area contributed by atoms with Crippen molar-refractivity contribution >= 4 is 10.9 Å². The van der Waals surface area contributed by atoms with Crippen LogP contribution in [0.1, 0.15) is 5.69 Å². The second kappa shape index (κ2) is 6.70. The molecule has 0 aliphatic rings. The van der Waals surface area contributed by atoms with Gasteiger partial charge in [0, 0.05) is 18.6 Å². The molecule has 0 unspecified atom stereocenters. The number of hydrogen-bond acceptors (Lipinski definition) is 5. The Hall–Kier alpha value is -3.25. The van der Waals surface area contributed by atoms with Crippen molar-refractivity contribution in [3.63, 3.8) is 0 Å². The SMILES string of the molecule is COCc1cc(Oc2ccc(-n3ncc4ccccc43)cc2)ncn1. The highest BCUT2D eigenvalue weighted by molar-refractivity contribution is 5.80. The van der Waals surface area contributed by atoms with Crippen LogP contribution in [0.4, 0.5) is 0 Å². The summed E-state index contributed by atoms with van der Waals surface area (Å²) < 4.78 is 12.8. The number of fused-ring (bicyclic) bond motifs is 1. The molecule has 2 aromatic carbocycles. The molecule has 0 bridgehead atoms. The summed E-state index contributed by atoms with van der Waals surface area (Å²) in [6.45, 7) is 0.421. The van der Waals surface area contributed by atoms with E-state index in [9.17, 15) is 0 Å². The molecule has 0 saturated heterocycles. The zero-order chi connectivity index (χ0) is 17.1. The fourth-order valence-electron chi connectivity index (χ4n) is 2.61. The van der Waals surface area contributed by atoms with Gasteiger partial charge in [-0.3, -0.25) is 0 Å². The number of nitrogens with zero attached hydrogens (tertiary/aromatic N) is 4. The van der Waals surface area contributed by atoms with Crippen LogP contribution >= 0.6 is 0 Å². The maximum atomic E-state index is 5.79. The number of para-hydroxylation sites is 1. The average molecular weight is 332 g/mol. The molecule has 0 aliphatic carbocycles. The van der Waals surface area contributed by atoms with E-state index >= 15 is 0 Å². The van der Waals surface area contributed by atoms with Gasteiger partial charge in [-0.1, -0.05) is 18.2 Å². The lowest BCUT2D eigenvalue weighted by molar-refractivity contribution is 0.181. The van der Waals surface area contributed by atoms with Crippen LogP contribution < -0.4 is 4.74 Å². The van der Waals surface area contributed by atoms with Gasteiger partial charge in [-0.15, -0.1) is 0 Å². The second-order valence-corrected chi connectivity index (χ2v) is 5.49. The van der Waals surface area contributed by atoms with E-state index in [4.69, 9.17) is 9.47 Å². The third kappa shape index (κ3) is 3.20. The van der Waals surface area contributed by atoms with Crippen LogP contribution in [0.5, 0.6) is 11.6 Å². The molecule has 0 aliphatic heterocycles. The van der Waals surface area contributed by atoms with Crippen LogP contribution in [0.25, 0.3) is 16.6 Å². The van der Waals surface area contributed by atoms with E-state index in [1.54, 1.807) is 13.2 Å². The lowest BCUT2D eigenvalue weighted by Gasteiger charge is -2.08. The predicted octanol–water partition coefficient (Wildman–Crippen LogP) is 3.75. The summed E-state index contributed by atoms with van der Waals surface area (Å²) in [6.07, 6.45) is 3.33. The van der Waals surface area contributed by atoms with Gasteiger partial charge in [-0.2, -0.15) is 5.10 Å². The van der Waals surface area contributed by atoms with Gasteiger partial charge in [-0.05, 0) is 30.3 Å². The van der Waals surface area contributed by atoms with Gasteiger partial charge in [0.05, 0.1) is 29.7 Å². The number of benzene rings is 2. The summed E-state index contributed by atoms with van der Waals surface area (Å²) in [5, 5.41) is 5.56. The molecule has 2 aromatic heterocycles. The Bertz CT molecular complexity index is 996. The fourth-order valence-corrected chi connectivity index (χ4v) is 2.61. The average Bonchev–Trinajstić information content (AvgIpc) is 3.07. The molecule has 0 fully saturated rings. The first-order valence-electron chi connectivity index (χ1n) is 7.84. The van der Waals surface area contributed by atoms with E-state index in [1.807, 2.05) is 59.4 Å². The standard InChI is InChI=1S/C19H16N4O2/c1-24-12-15-10-19(21-13-20-15)25-17-8-6-16(7-9-17)23-18-5-3-2-4-14(18)11-22-23/h2-11,13H,12H2,1H3. The molecular formula is C19H16N4O2. The molecule has 4 rings (SSSR count). The Morgan fingerprint density at radius 2 is 1.84 bits per heavy atom. The monoisotopic (exact) mass is 332 g/mol. The Morgan fingerprint density at radius 1 is 1.00 bits per heavy atom. The Morgan fingerprint density at radius 3 is 2.68 bits per heavy atom. The van der Waals surface area contributed by atoms with Gasteiger partial charge in [0.1, 0.15) is 12.1 Å². The Balaban J connectivity index is 1.57. The second-order valence-electron chi connectivity index (χ2n) is 5.49. The van der Waals surface area contributed by atoms with Crippen LogP contribution in [0, 0.1) is 0 Å². The highest BCUT2D eigenvalue weighted by atomic mass is 16.5. The van der Waals surface area contributed by atoms with Crippen molar-refractivity contribution in [3.8, 4) is 17.3 Å². The van der Waals surface area contributed by atoms with Crippen molar-refractivity contribution in [2.24, 2.45) is 0 Å². The summed E-state index contributed by atoms with van der Waals surface area (Å²) in [7, 11) is 1.63. The summed E-state index contributed by atoms with van der Waals surface area (Å²) in [4.78, 5) is 8.24. The summed E-state index contributed by atoms with van der Waals surface area (Å²) in [5.41, 5.74) is 2.81. The predicted molar refractivity (Wildman–Crippen MR) is 93.9 cm³/mol. The molecule has 124 valence electrons. The molecule has 0 atom stereocenters. The van der Waals surface area contributed by atoms with E-state index in [-0.39, 0.29) is 0 Å². The first-order valence-corrected chi connectivity index (χ1v) is 7.84. The van der Waals surface area contributed by atoms with Crippen LogP contribution in [-0.2, 0) is 11.3 Å². The van der Waals surface area contributed by atoms with Crippen molar-refractivity contribution in [2.75, 3.05) is 7.11 Å². The molecule has 0 radical (unpaired) electrons. The van der Waals surface area contributed by atoms with Crippen molar-refractivity contribution in [3.05, 3.63) is 72.8 Å². The minimum atomic E-state index is 0.421. The molecule has 25 heavy (non-hydrogen) atoms. The molecule has 2 heterocycles. The highest BCUT2D eigenvalue weighted by Crippen LogP contribution is 2.23. The number of hydrogen-bond donors (Lipinski definition) is 0. The number of aromatic nitrogens is 4. The molecular weight excluding hydrogens is 316 g/mol. The molecule has 6 nitrogen and oxygen atoms in total. The minimum Gasteiger partial charge on any atom is -0.439 e. The topological polar surface area (TPSA) is 62.1 Å². The minimum absolute atomic E-state index is 0.421. The Labute approximate surface area is 144 Å². The lowest BCUT2D eigenvalue weighted by atomic mass is 10.2. The zero-order valence-electron chi connectivity index (χ0n) is 13.7. The van der Waals surface area contributed by atoms with Gasteiger partial charge in [0.25, 0.3) is 0 Å². The highest BCUT2D eigenvalue weighted by Gasteiger charge is 2.06. The van der Waals surface area contributed by atoms with Crippen LogP contribution in [0.3, 0.4) is 0 Å². The molecule has 0 N–H and O–H groups in total. The van der Waals surface area contributed by atoms with E-state index in [2.05, 4.69) is 15.1 Å². The first-order chi connectivity index (χ1) is 12.3. The third-order valence-electron chi connectivity index (χ3n) is 3.77. The number of ether oxygens (including phenoxy) is 2. The van der Waals surface area contributed by atoms with Crippen LogP contribution in [0.2, 0.25) is 0 Å². The maximum absolute atomic E-state index is 5.79. The van der Waals surface area contributed by atoms with Crippen molar-refractivity contribution in [2.45, 2.75) is 6.61 Å². The van der Waals surface area contributed by atoms with Crippen LogP contribution in [0.15, 0.2) is 67.1 Å². The van der Waals surface area contributed by atoms with E-state index in [0.29, 0.717) is 18.2 Å². The van der Waals surface area contributed by atoms with E-state index < -0.39 is 0 Å². The van der Waals surface area contributed by atoms with Gasteiger partial charge in [0.2, 0.25) is 5.88 Å². The quantitative estimate of drug-likeness (QED) is 0.557. The van der Waals surface area contributed by atoms with Gasteiger partial charge < -0.3 is 9.47 Å². The third-order valence-corrected chi connectivity index (χ3v) is 3.77. The Kier molecular flexibility index (Phi) is 4.10. The van der Waals surface area contributed by atoms with Gasteiger partial charge >= 0.3 is 0 Å². The fraction of sp³-hybridized carbons (Fsp3) is 0.105. The summed E-state index contributed by atoms with van der Waals surface area (Å²) in [5.74, 6) is 1.18. The first kappa shape index (κ1) is 15.3. The van der Waals surface area contributed by atoms with Gasteiger partial charge in [-0.25, -0.2) is 14.6 Å². The summed E-state index contributed by atoms with van der Waals surface area (Å²) in [6, 6.07) is 17.6. The van der Waals surface area contributed by atoms with E-state index in [0.717, 1.165) is 22.3 Å². The largest absolute Gasteiger partial charge is 0.439 e.